The lowest BCUT2D eigenvalue weighted by molar-refractivity contribution is 0.0600. The first-order chi connectivity index (χ1) is 14.0. The monoisotopic (exact) mass is 398 g/mol. The van der Waals surface area contributed by atoms with Crippen LogP contribution in [0.25, 0.3) is 0 Å². The van der Waals surface area contributed by atoms with Crippen LogP contribution in [0.3, 0.4) is 0 Å². The summed E-state index contributed by atoms with van der Waals surface area (Å²) in [5.74, 6) is -0.110. The average molecular weight is 398 g/mol. The number of nitrogens with zero attached hydrogens (tertiary/aromatic N) is 1. The van der Waals surface area contributed by atoms with Crippen LogP contribution in [0.2, 0.25) is 0 Å². The minimum Gasteiger partial charge on any atom is -0.491 e. The zero-order valence-electron chi connectivity index (χ0n) is 16.9. The summed E-state index contributed by atoms with van der Waals surface area (Å²) in [6.07, 6.45) is 0.0120. The topological polar surface area (TPSA) is 77.1 Å². The Balaban J connectivity index is 1.89. The molecule has 7 nitrogen and oxygen atoms in total. The second-order valence-electron chi connectivity index (χ2n) is 6.97. The third-order valence-corrected chi connectivity index (χ3v) is 4.49. The molecule has 0 bridgehead atoms. The molecule has 2 aromatic carbocycles. The number of carbonyl (C=O) groups is 2. The van der Waals surface area contributed by atoms with E-state index in [1.807, 2.05) is 26.0 Å². The number of rotatable bonds is 6. The SMILES string of the molecule is COC(=O)c1ccc(N2CCOCC2)c(NC(=O)c2cccc(OC(C)C)c2)c1. The summed E-state index contributed by atoms with van der Waals surface area (Å²) in [5, 5.41) is 2.94. The summed E-state index contributed by atoms with van der Waals surface area (Å²) in [6, 6.07) is 12.2. The number of anilines is 2. The number of carbonyl (C=O) groups excluding carboxylic acids is 2. The number of esters is 1. The lowest BCUT2D eigenvalue weighted by Gasteiger charge is -2.30. The molecular formula is C22H26N2O5. The molecule has 1 aliphatic rings. The fourth-order valence-electron chi connectivity index (χ4n) is 3.14. The van der Waals surface area contributed by atoms with E-state index in [0.29, 0.717) is 48.9 Å². The Bertz CT molecular complexity index is 875. The van der Waals surface area contributed by atoms with Gasteiger partial charge in [0.1, 0.15) is 5.75 Å². The van der Waals surface area contributed by atoms with E-state index < -0.39 is 5.97 Å². The van der Waals surface area contributed by atoms with Gasteiger partial charge < -0.3 is 24.4 Å². The van der Waals surface area contributed by atoms with Crippen LogP contribution in [0.4, 0.5) is 11.4 Å². The van der Waals surface area contributed by atoms with E-state index in [-0.39, 0.29) is 12.0 Å². The van der Waals surface area contributed by atoms with Crippen LogP contribution in [0, 0.1) is 0 Å². The summed E-state index contributed by atoms with van der Waals surface area (Å²) in [6.45, 7) is 6.50. The molecule has 1 amide bonds. The third kappa shape index (κ3) is 5.26. The van der Waals surface area contributed by atoms with Crippen LogP contribution in [-0.4, -0.2) is 51.4 Å². The van der Waals surface area contributed by atoms with Crippen molar-refractivity contribution in [1.82, 2.24) is 0 Å². The van der Waals surface area contributed by atoms with Gasteiger partial charge in [-0.2, -0.15) is 0 Å². The van der Waals surface area contributed by atoms with Crippen molar-refractivity contribution in [1.29, 1.82) is 0 Å². The summed E-state index contributed by atoms with van der Waals surface area (Å²) in [7, 11) is 1.33. The van der Waals surface area contributed by atoms with Crippen molar-refractivity contribution in [2.24, 2.45) is 0 Å². The van der Waals surface area contributed by atoms with E-state index in [1.54, 1.807) is 30.3 Å². The number of nitrogens with one attached hydrogen (secondary N) is 1. The summed E-state index contributed by atoms with van der Waals surface area (Å²) >= 11 is 0. The molecular weight excluding hydrogens is 372 g/mol. The maximum absolute atomic E-state index is 12.9. The van der Waals surface area contributed by atoms with E-state index in [0.717, 1.165) is 5.69 Å². The van der Waals surface area contributed by atoms with Crippen molar-refractivity contribution < 1.29 is 23.8 Å². The number of benzene rings is 2. The molecule has 0 radical (unpaired) electrons. The molecule has 0 unspecified atom stereocenters. The molecule has 0 aliphatic carbocycles. The van der Waals surface area contributed by atoms with Crippen LogP contribution in [0.5, 0.6) is 5.75 Å². The van der Waals surface area contributed by atoms with Gasteiger partial charge >= 0.3 is 5.97 Å². The second-order valence-corrected chi connectivity index (χ2v) is 6.97. The second kappa shape index (κ2) is 9.43. The first-order valence-electron chi connectivity index (χ1n) is 9.61. The molecule has 3 rings (SSSR count). The van der Waals surface area contributed by atoms with Gasteiger partial charge in [0.25, 0.3) is 5.91 Å². The van der Waals surface area contributed by atoms with Crippen LogP contribution in [-0.2, 0) is 9.47 Å². The summed E-state index contributed by atoms with van der Waals surface area (Å²) in [4.78, 5) is 27.0. The van der Waals surface area contributed by atoms with E-state index in [9.17, 15) is 9.59 Å². The smallest absolute Gasteiger partial charge is 0.337 e. The number of amides is 1. The maximum atomic E-state index is 12.9. The molecule has 0 aromatic heterocycles. The van der Waals surface area contributed by atoms with Gasteiger partial charge in [-0.25, -0.2) is 4.79 Å². The molecule has 0 atom stereocenters. The Labute approximate surface area is 170 Å². The molecule has 154 valence electrons. The van der Waals surface area contributed by atoms with Gasteiger partial charge in [-0.05, 0) is 50.2 Å². The summed E-state index contributed by atoms with van der Waals surface area (Å²) < 4.78 is 15.9. The Morgan fingerprint density at radius 3 is 2.52 bits per heavy atom. The van der Waals surface area contributed by atoms with Gasteiger partial charge in [0.2, 0.25) is 0 Å². The molecule has 0 saturated carbocycles. The Hall–Kier alpha value is -3.06. The van der Waals surface area contributed by atoms with E-state index in [2.05, 4.69) is 10.2 Å². The predicted molar refractivity (Wildman–Crippen MR) is 111 cm³/mol. The third-order valence-electron chi connectivity index (χ3n) is 4.49. The Morgan fingerprint density at radius 2 is 1.83 bits per heavy atom. The normalized spacial score (nSPS) is 13.9. The number of hydrogen-bond acceptors (Lipinski definition) is 6. The van der Waals surface area contributed by atoms with Crippen LogP contribution >= 0.6 is 0 Å². The predicted octanol–water partition coefficient (Wildman–Crippen LogP) is 3.35. The number of methoxy groups -OCH3 is 1. The van der Waals surface area contributed by atoms with Gasteiger partial charge in [0.05, 0.1) is 43.4 Å². The van der Waals surface area contributed by atoms with E-state index in [4.69, 9.17) is 14.2 Å². The minimum atomic E-state index is -0.457. The van der Waals surface area contributed by atoms with Gasteiger partial charge in [-0.15, -0.1) is 0 Å². The molecule has 7 heteroatoms. The average Bonchev–Trinajstić information content (AvgIpc) is 2.73. The van der Waals surface area contributed by atoms with Gasteiger partial charge in [-0.3, -0.25) is 4.79 Å². The quantitative estimate of drug-likeness (QED) is 0.752. The zero-order valence-corrected chi connectivity index (χ0v) is 16.9. The van der Waals surface area contributed by atoms with Crippen molar-refractivity contribution >= 4 is 23.3 Å². The lowest BCUT2D eigenvalue weighted by Crippen LogP contribution is -2.36. The van der Waals surface area contributed by atoms with E-state index in [1.165, 1.54) is 7.11 Å². The van der Waals surface area contributed by atoms with Crippen molar-refractivity contribution in [3.8, 4) is 5.75 Å². The highest BCUT2D eigenvalue weighted by Gasteiger charge is 2.19. The van der Waals surface area contributed by atoms with Crippen LogP contribution in [0.1, 0.15) is 34.6 Å². The standard InChI is InChI=1S/C22H26N2O5/c1-15(2)29-18-6-4-5-16(13-18)21(25)23-19-14-17(22(26)27-3)7-8-20(19)24-9-11-28-12-10-24/h4-8,13-15H,9-12H2,1-3H3,(H,23,25). The van der Waals surface area contributed by atoms with Crippen LogP contribution < -0.4 is 15.0 Å². The molecule has 1 fully saturated rings. The molecule has 0 spiro atoms. The highest BCUT2D eigenvalue weighted by atomic mass is 16.5. The molecule has 1 heterocycles. The van der Waals surface area contributed by atoms with Gasteiger partial charge in [0.15, 0.2) is 0 Å². The number of morpholine rings is 1. The lowest BCUT2D eigenvalue weighted by atomic mass is 10.1. The molecule has 2 aromatic rings. The molecule has 1 aliphatic heterocycles. The van der Waals surface area contributed by atoms with Crippen molar-refractivity contribution in [3.05, 3.63) is 53.6 Å². The fraction of sp³-hybridized carbons (Fsp3) is 0.364. The molecule has 29 heavy (non-hydrogen) atoms. The zero-order chi connectivity index (χ0) is 20.8. The largest absolute Gasteiger partial charge is 0.491 e. The fourth-order valence-corrected chi connectivity index (χ4v) is 3.14. The highest BCUT2D eigenvalue weighted by Crippen LogP contribution is 2.29. The maximum Gasteiger partial charge on any atom is 0.337 e. The van der Waals surface area contributed by atoms with Crippen molar-refractivity contribution in [2.75, 3.05) is 43.6 Å². The Morgan fingerprint density at radius 1 is 1.07 bits per heavy atom. The number of hydrogen-bond donors (Lipinski definition) is 1. The highest BCUT2D eigenvalue weighted by molar-refractivity contribution is 6.07. The van der Waals surface area contributed by atoms with Crippen LogP contribution in [0.15, 0.2) is 42.5 Å². The number of ether oxygens (including phenoxy) is 3. The first kappa shape index (κ1) is 20.7. The minimum absolute atomic E-state index is 0.0120. The van der Waals surface area contributed by atoms with Gasteiger partial charge in [-0.1, -0.05) is 6.07 Å². The Kier molecular flexibility index (Phi) is 6.72. The summed E-state index contributed by atoms with van der Waals surface area (Å²) in [5.41, 5.74) is 2.23. The molecule has 1 saturated heterocycles. The van der Waals surface area contributed by atoms with Crippen molar-refractivity contribution in [2.45, 2.75) is 20.0 Å². The molecule has 1 N–H and O–H groups in total. The van der Waals surface area contributed by atoms with E-state index >= 15 is 0 Å². The first-order valence-corrected chi connectivity index (χ1v) is 9.61. The van der Waals surface area contributed by atoms with Crippen molar-refractivity contribution in [3.63, 3.8) is 0 Å². The van der Waals surface area contributed by atoms with Gasteiger partial charge in [0, 0.05) is 18.7 Å².